The number of carbonyl (C=O) groups is 2. The molecule has 0 bridgehead atoms. The van der Waals surface area contributed by atoms with Gasteiger partial charge in [-0.3, -0.25) is 10.1 Å². The fraction of sp³-hybridized carbons (Fsp3) is 0.190. The Labute approximate surface area is 190 Å². The van der Waals surface area contributed by atoms with Crippen LogP contribution in [0.15, 0.2) is 51.6 Å². The van der Waals surface area contributed by atoms with E-state index in [2.05, 4.69) is 20.9 Å². The number of nitrogens with zero attached hydrogens (tertiary/aromatic N) is 2. The quantitative estimate of drug-likeness (QED) is 0.230. The number of non-ortho nitro benzene ring substituents is 1. The van der Waals surface area contributed by atoms with Gasteiger partial charge in [-0.05, 0) is 58.8 Å². The first-order chi connectivity index (χ1) is 15.3. The third kappa shape index (κ3) is 5.30. The van der Waals surface area contributed by atoms with E-state index < -0.39 is 16.9 Å². The number of hydrogen-bond donors (Lipinski definition) is 0. The summed E-state index contributed by atoms with van der Waals surface area (Å²) >= 11 is 3.37. The first-order valence-corrected chi connectivity index (χ1v) is 10.0. The van der Waals surface area contributed by atoms with E-state index in [-0.39, 0.29) is 30.5 Å². The lowest BCUT2D eigenvalue weighted by molar-refractivity contribution is -0.384. The Morgan fingerprint density at radius 2 is 2.00 bits per heavy atom. The number of methoxy groups -OCH3 is 1. The summed E-state index contributed by atoms with van der Waals surface area (Å²) in [6.45, 7) is 1.64. The predicted molar refractivity (Wildman–Crippen MR) is 117 cm³/mol. The van der Waals surface area contributed by atoms with E-state index in [0.29, 0.717) is 27.1 Å². The van der Waals surface area contributed by atoms with E-state index in [1.807, 2.05) is 0 Å². The van der Waals surface area contributed by atoms with Crippen LogP contribution in [0.1, 0.15) is 18.1 Å². The zero-order valence-electron chi connectivity index (χ0n) is 17.0. The Balaban J connectivity index is 1.85. The maximum atomic E-state index is 12.3. The minimum absolute atomic E-state index is 0.0347. The molecule has 1 heterocycles. The van der Waals surface area contributed by atoms with Crippen LogP contribution in [0.25, 0.3) is 6.08 Å². The van der Waals surface area contributed by atoms with Crippen LogP contribution in [0.4, 0.5) is 5.69 Å². The van der Waals surface area contributed by atoms with Gasteiger partial charge < -0.3 is 18.9 Å². The van der Waals surface area contributed by atoms with Gasteiger partial charge in [-0.25, -0.2) is 14.6 Å². The predicted octanol–water partition coefficient (Wildman–Crippen LogP) is 3.65. The number of carbonyl (C=O) groups excluding carboxylic acids is 2. The SMILES string of the molecule is CCOC(=O)COc1c(Br)cc(/C=C2\N=C(c3ccc([N+](=O)[O-])cc3)OC2=O)cc1OC. The summed E-state index contributed by atoms with van der Waals surface area (Å²) in [5.74, 6) is -0.532. The molecule has 0 amide bonds. The highest BCUT2D eigenvalue weighted by molar-refractivity contribution is 9.10. The number of halogens is 1. The van der Waals surface area contributed by atoms with Crippen molar-refractivity contribution in [2.75, 3.05) is 20.3 Å². The van der Waals surface area contributed by atoms with Gasteiger partial charge in [0.2, 0.25) is 5.90 Å². The normalized spacial score (nSPS) is 14.0. The number of benzene rings is 2. The third-order valence-electron chi connectivity index (χ3n) is 4.14. The monoisotopic (exact) mass is 504 g/mol. The molecule has 3 rings (SSSR count). The van der Waals surface area contributed by atoms with Crippen LogP contribution in [0.2, 0.25) is 0 Å². The van der Waals surface area contributed by atoms with Crippen LogP contribution >= 0.6 is 15.9 Å². The standard InChI is InChI=1S/C21H17BrN2O8/c1-3-30-18(25)11-31-19-15(22)8-12(10-17(19)29-2)9-16-21(26)32-20(23-16)13-4-6-14(7-5-13)24(27)28/h4-10H,3,11H2,1-2H3/b16-9-. The van der Waals surface area contributed by atoms with Crippen molar-refractivity contribution >= 4 is 45.5 Å². The van der Waals surface area contributed by atoms with Crippen molar-refractivity contribution in [2.45, 2.75) is 6.92 Å². The molecule has 2 aromatic carbocycles. The molecule has 32 heavy (non-hydrogen) atoms. The zero-order chi connectivity index (χ0) is 23.3. The van der Waals surface area contributed by atoms with Crippen LogP contribution in [-0.4, -0.2) is 43.1 Å². The largest absolute Gasteiger partial charge is 0.493 e. The highest BCUT2D eigenvalue weighted by Crippen LogP contribution is 2.37. The average molecular weight is 505 g/mol. The molecule has 0 saturated heterocycles. The van der Waals surface area contributed by atoms with Gasteiger partial charge >= 0.3 is 11.9 Å². The van der Waals surface area contributed by atoms with Crippen LogP contribution in [0, 0.1) is 10.1 Å². The van der Waals surface area contributed by atoms with Crippen molar-refractivity contribution in [2.24, 2.45) is 4.99 Å². The number of hydrogen-bond acceptors (Lipinski definition) is 9. The zero-order valence-corrected chi connectivity index (χ0v) is 18.6. The maximum Gasteiger partial charge on any atom is 0.363 e. The Hall–Kier alpha value is -3.73. The van der Waals surface area contributed by atoms with E-state index in [4.69, 9.17) is 18.9 Å². The fourth-order valence-corrected chi connectivity index (χ4v) is 3.29. The number of ether oxygens (including phenoxy) is 4. The Morgan fingerprint density at radius 1 is 1.28 bits per heavy atom. The van der Waals surface area contributed by atoms with Gasteiger partial charge in [0, 0.05) is 17.7 Å². The molecule has 0 N–H and O–H groups in total. The summed E-state index contributed by atoms with van der Waals surface area (Å²) in [5.41, 5.74) is 0.927. The lowest BCUT2D eigenvalue weighted by Crippen LogP contribution is -2.15. The summed E-state index contributed by atoms with van der Waals surface area (Å²) in [5, 5.41) is 10.8. The van der Waals surface area contributed by atoms with Gasteiger partial charge in [0.1, 0.15) is 0 Å². The molecule has 0 aromatic heterocycles. The minimum Gasteiger partial charge on any atom is -0.493 e. The van der Waals surface area contributed by atoms with Gasteiger partial charge in [-0.15, -0.1) is 0 Å². The summed E-state index contributed by atoms with van der Waals surface area (Å²) < 4.78 is 21.3. The molecule has 0 spiro atoms. The third-order valence-corrected chi connectivity index (χ3v) is 4.73. The van der Waals surface area contributed by atoms with E-state index in [1.165, 1.54) is 37.5 Å². The molecule has 2 aromatic rings. The number of rotatable bonds is 8. The van der Waals surface area contributed by atoms with Crippen LogP contribution < -0.4 is 9.47 Å². The molecule has 0 fully saturated rings. The van der Waals surface area contributed by atoms with Gasteiger partial charge in [0.15, 0.2) is 23.8 Å². The molecule has 0 atom stereocenters. The lowest BCUT2D eigenvalue weighted by Gasteiger charge is -2.13. The summed E-state index contributed by atoms with van der Waals surface area (Å²) in [4.78, 5) is 38.2. The lowest BCUT2D eigenvalue weighted by atomic mass is 10.1. The molecular formula is C21H17BrN2O8. The average Bonchev–Trinajstić information content (AvgIpc) is 3.13. The first kappa shape index (κ1) is 22.9. The molecule has 0 unspecified atom stereocenters. The highest BCUT2D eigenvalue weighted by atomic mass is 79.9. The van der Waals surface area contributed by atoms with E-state index >= 15 is 0 Å². The molecule has 0 aliphatic carbocycles. The Kier molecular flexibility index (Phi) is 7.21. The number of aliphatic imine (C=N–C) groups is 1. The number of nitro groups is 1. The summed E-state index contributed by atoms with van der Waals surface area (Å²) in [6.07, 6.45) is 1.49. The van der Waals surface area contributed by atoms with Gasteiger partial charge in [-0.2, -0.15) is 0 Å². The smallest absolute Gasteiger partial charge is 0.363 e. The van der Waals surface area contributed by atoms with Crippen LogP contribution in [0.3, 0.4) is 0 Å². The Morgan fingerprint density at radius 3 is 2.62 bits per heavy atom. The summed E-state index contributed by atoms with van der Waals surface area (Å²) in [7, 11) is 1.44. The van der Waals surface area contributed by atoms with E-state index in [0.717, 1.165) is 0 Å². The number of cyclic esters (lactones) is 1. The van der Waals surface area contributed by atoms with Crippen molar-refractivity contribution in [3.63, 3.8) is 0 Å². The second-order valence-corrected chi connectivity index (χ2v) is 7.12. The molecule has 1 aliphatic heterocycles. The topological polar surface area (TPSA) is 127 Å². The van der Waals surface area contributed by atoms with E-state index in [9.17, 15) is 19.7 Å². The number of nitro benzene ring substituents is 1. The molecule has 1 aliphatic rings. The molecule has 166 valence electrons. The van der Waals surface area contributed by atoms with Gasteiger partial charge in [0.05, 0.1) is 23.1 Å². The fourth-order valence-electron chi connectivity index (χ4n) is 2.71. The molecular weight excluding hydrogens is 488 g/mol. The van der Waals surface area contributed by atoms with Gasteiger partial charge in [-0.1, -0.05) is 0 Å². The summed E-state index contributed by atoms with van der Waals surface area (Å²) in [6, 6.07) is 8.74. The van der Waals surface area contributed by atoms with Crippen molar-refractivity contribution in [1.29, 1.82) is 0 Å². The molecule has 0 saturated carbocycles. The van der Waals surface area contributed by atoms with Crippen molar-refractivity contribution in [3.8, 4) is 11.5 Å². The van der Waals surface area contributed by atoms with Crippen LogP contribution in [0.5, 0.6) is 11.5 Å². The second kappa shape index (κ2) is 10.1. The minimum atomic E-state index is -0.670. The first-order valence-electron chi connectivity index (χ1n) is 9.25. The maximum absolute atomic E-state index is 12.3. The van der Waals surface area contributed by atoms with Crippen molar-refractivity contribution in [1.82, 2.24) is 0 Å². The molecule has 0 radical (unpaired) electrons. The molecule has 11 heteroatoms. The highest BCUT2D eigenvalue weighted by Gasteiger charge is 2.25. The Bertz CT molecular complexity index is 1130. The van der Waals surface area contributed by atoms with Crippen molar-refractivity contribution < 1.29 is 33.5 Å². The second-order valence-electron chi connectivity index (χ2n) is 6.27. The number of esters is 2. The van der Waals surface area contributed by atoms with Crippen molar-refractivity contribution in [3.05, 3.63) is 67.8 Å². The van der Waals surface area contributed by atoms with Gasteiger partial charge in [0.25, 0.3) is 5.69 Å². The van der Waals surface area contributed by atoms with E-state index in [1.54, 1.807) is 19.1 Å². The van der Waals surface area contributed by atoms with Crippen LogP contribution in [-0.2, 0) is 19.1 Å². The molecule has 10 nitrogen and oxygen atoms in total.